The molecule has 1 fully saturated rings. The number of carbonyl (C=O) groups is 2. The molecule has 1 aliphatic rings. The minimum Gasteiger partial charge on any atom is -0.466 e. The van der Waals surface area contributed by atoms with Crippen molar-refractivity contribution in [2.75, 3.05) is 19.7 Å². The number of ether oxygens (including phenoxy) is 1. The zero-order valence-corrected chi connectivity index (χ0v) is 12.5. The summed E-state index contributed by atoms with van der Waals surface area (Å²) in [5.74, 6) is -1.37. The van der Waals surface area contributed by atoms with E-state index in [2.05, 4.69) is 0 Å². The van der Waals surface area contributed by atoms with Gasteiger partial charge in [-0.25, -0.2) is 4.39 Å². The molecule has 0 unspecified atom stereocenters. The molecule has 21 heavy (non-hydrogen) atoms. The second-order valence-corrected chi connectivity index (χ2v) is 5.38. The maximum Gasteiger partial charge on any atom is 0.310 e. The average Bonchev–Trinajstić information content (AvgIpc) is 2.49. The van der Waals surface area contributed by atoms with Crippen molar-refractivity contribution in [1.29, 1.82) is 0 Å². The summed E-state index contributed by atoms with van der Waals surface area (Å²) in [5, 5.41) is -0.0835. The Morgan fingerprint density at radius 2 is 2.24 bits per heavy atom. The van der Waals surface area contributed by atoms with Crippen LogP contribution in [0.15, 0.2) is 18.2 Å². The summed E-state index contributed by atoms with van der Waals surface area (Å²) in [5.41, 5.74) is 0.325. The summed E-state index contributed by atoms with van der Waals surface area (Å²) >= 11 is 5.70. The summed E-state index contributed by atoms with van der Waals surface area (Å²) in [6.07, 6.45) is 1.46. The van der Waals surface area contributed by atoms with Gasteiger partial charge in [0, 0.05) is 18.7 Å². The molecule has 0 bridgehead atoms. The lowest BCUT2D eigenvalue weighted by Crippen LogP contribution is -2.42. The number of piperidine rings is 1. The fraction of sp³-hybridized carbons (Fsp3) is 0.467. The number of amides is 1. The largest absolute Gasteiger partial charge is 0.466 e. The fourth-order valence-corrected chi connectivity index (χ4v) is 2.61. The molecule has 0 N–H and O–H groups in total. The second kappa shape index (κ2) is 6.89. The van der Waals surface area contributed by atoms with Crippen molar-refractivity contribution in [3.63, 3.8) is 0 Å². The molecule has 0 spiro atoms. The van der Waals surface area contributed by atoms with Crippen LogP contribution in [0.2, 0.25) is 5.02 Å². The molecule has 4 nitrogen and oxygen atoms in total. The zero-order chi connectivity index (χ0) is 15.4. The molecule has 114 valence electrons. The molecule has 1 aromatic carbocycles. The Morgan fingerprint density at radius 3 is 2.90 bits per heavy atom. The van der Waals surface area contributed by atoms with Gasteiger partial charge in [-0.15, -0.1) is 0 Å². The van der Waals surface area contributed by atoms with Gasteiger partial charge in [0.1, 0.15) is 5.82 Å². The average molecular weight is 314 g/mol. The maximum absolute atomic E-state index is 13.1. The summed E-state index contributed by atoms with van der Waals surface area (Å²) in [7, 11) is 0. The van der Waals surface area contributed by atoms with Gasteiger partial charge in [-0.2, -0.15) is 0 Å². The molecular weight excluding hydrogens is 297 g/mol. The van der Waals surface area contributed by atoms with Gasteiger partial charge in [-0.3, -0.25) is 9.59 Å². The molecular formula is C15H17ClFNO3. The van der Waals surface area contributed by atoms with Crippen LogP contribution in [0, 0.1) is 11.7 Å². The molecule has 1 amide bonds. The summed E-state index contributed by atoms with van der Waals surface area (Å²) in [6, 6.07) is 3.88. The van der Waals surface area contributed by atoms with Crippen LogP contribution in [0.3, 0.4) is 0 Å². The molecule has 0 saturated carbocycles. The van der Waals surface area contributed by atoms with Crippen molar-refractivity contribution >= 4 is 23.5 Å². The summed E-state index contributed by atoms with van der Waals surface area (Å²) < 4.78 is 18.1. The second-order valence-electron chi connectivity index (χ2n) is 4.97. The van der Waals surface area contributed by atoms with Crippen molar-refractivity contribution in [2.24, 2.45) is 5.92 Å². The van der Waals surface area contributed by atoms with E-state index >= 15 is 0 Å². The molecule has 1 aromatic rings. The molecule has 0 aromatic heterocycles. The normalized spacial score (nSPS) is 18.4. The first kappa shape index (κ1) is 15.8. The Morgan fingerprint density at radius 1 is 1.48 bits per heavy atom. The van der Waals surface area contributed by atoms with Gasteiger partial charge in [-0.05, 0) is 38.0 Å². The zero-order valence-electron chi connectivity index (χ0n) is 11.8. The van der Waals surface area contributed by atoms with Crippen LogP contribution in [0.1, 0.15) is 30.1 Å². The molecule has 1 aliphatic heterocycles. The number of benzene rings is 1. The smallest absolute Gasteiger partial charge is 0.310 e. The first-order chi connectivity index (χ1) is 10.0. The molecule has 0 radical (unpaired) electrons. The van der Waals surface area contributed by atoms with Gasteiger partial charge in [0.15, 0.2) is 0 Å². The third-order valence-corrected chi connectivity index (χ3v) is 3.78. The molecule has 2 rings (SSSR count). The third-order valence-electron chi connectivity index (χ3n) is 3.50. The van der Waals surface area contributed by atoms with Crippen LogP contribution < -0.4 is 0 Å². The lowest BCUT2D eigenvalue weighted by atomic mass is 9.97. The molecule has 1 heterocycles. The van der Waals surface area contributed by atoms with Crippen LogP contribution in [0.5, 0.6) is 0 Å². The van der Waals surface area contributed by atoms with E-state index in [4.69, 9.17) is 16.3 Å². The van der Waals surface area contributed by atoms with E-state index in [1.165, 1.54) is 18.2 Å². The Labute approximate surface area is 127 Å². The van der Waals surface area contributed by atoms with E-state index in [0.29, 0.717) is 31.7 Å². The Kier molecular flexibility index (Phi) is 5.17. The maximum atomic E-state index is 13.1. The Bertz CT molecular complexity index is 550. The lowest BCUT2D eigenvalue weighted by molar-refractivity contribution is -0.149. The highest BCUT2D eigenvalue weighted by atomic mass is 35.5. The van der Waals surface area contributed by atoms with E-state index in [9.17, 15) is 14.0 Å². The van der Waals surface area contributed by atoms with E-state index in [-0.39, 0.29) is 22.8 Å². The predicted molar refractivity (Wildman–Crippen MR) is 76.7 cm³/mol. The highest BCUT2D eigenvalue weighted by Gasteiger charge is 2.29. The van der Waals surface area contributed by atoms with Crippen LogP contribution in [-0.4, -0.2) is 36.5 Å². The quantitative estimate of drug-likeness (QED) is 0.806. The van der Waals surface area contributed by atoms with Crippen molar-refractivity contribution in [3.8, 4) is 0 Å². The number of halogens is 2. The topological polar surface area (TPSA) is 46.6 Å². The van der Waals surface area contributed by atoms with Crippen LogP contribution >= 0.6 is 11.6 Å². The number of nitrogens with zero attached hydrogens (tertiary/aromatic N) is 1. The Hall–Kier alpha value is -1.62. The standard InChI is InChI=1S/C15H17ClFNO3/c1-2-21-15(20)11-4-3-7-18(9-11)14(19)10-5-6-13(17)12(16)8-10/h5-6,8,11H,2-4,7,9H2,1H3/t11-/m0/s1. The molecule has 6 heteroatoms. The van der Waals surface area contributed by atoms with Gasteiger partial charge in [-0.1, -0.05) is 11.6 Å². The van der Waals surface area contributed by atoms with Crippen LogP contribution in [0.4, 0.5) is 4.39 Å². The SMILES string of the molecule is CCOC(=O)[C@H]1CCCN(C(=O)c2ccc(F)c(Cl)c2)C1. The molecule has 0 aliphatic carbocycles. The van der Waals surface area contributed by atoms with E-state index in [0.717, 1.165) is 6.42 Å². The number of likely N-dealkylation sites (tertiary alicyclic amines) is 1. The van der Waals surface area contributed by atoms with Gasteiger partial charge < -0.3 is 9.64 Å². The van der Waals surface area contributed by atoms with Crippen molar-refractivity contribution in [3.05, 3.63) is 34.6 Å². The number of carbonyl (C=O) groups excluding carboxylic acids is 2. The van der Waals surface area contributed by atoms with Crippen molar-refractivity contribution in [2.45, 2.75) is 19.8 Å². The fourth-order valence-electron chi connectivity index (χ4n) is 2.43. The summed E-state index contributed by atoms with van der Waals surface area (Å²) in [6.45, 7) is 2.98. The minimum absolute atomic E-state index is 0.0835. The lowest BCUT2D eigenvalue weighted by Gasteiger charge is -2.31. The van der Waals surface area contributed by atoms with Gasteiger partial charge in [0.05, 0.1) is 17.5 Å². The first-order valence-corrected chi connectivity index (χ1v) is 7.31. The van der Waals surface area contributed by atoms with Gasteiger partial charge >= 0.3 is 5.97 Å². The number of esters is 1. The number of hydrogen-bond acceptors (Lipinski definition) is 3. The van der Waals surface area contributed by atoms with Gasteiger partial charge in [0.2, 0.25) is 0 Å². The third kappa shape index (κ3) is 3.73. The summed E-state index contributed by atoms with van der Waals surface area (Å²) in [4.78, 5) is 25.7. The molecule has 1 atom stereocenters. The molecule has 1 saturated heterocycles. The minimum atomic E-state index is -0.559. The number of rotatable bonds is 3. The van der Waals surface area contributed by atoms with Gasteiger partial charge in [0.25, 0.3) is 5.91 Å². The van der Waals surface area contributed by atoms with E-state index < -0.39 is 5.82 Å². The van der Waals surface area contributed by atoms with Crippen molar-refractivity contribution < 1.29 is 18.7 Å². The predicted octanol–water partition coefficient (Wildman–Crippen LogP) is 2.89. The highest BCUT2D eigenvalue weighted by Crippen LogP contribution is 2.22. The van der Waals surface area contributed by atoms with Crippen molar-refractivity contribution in [1.82, 2.24) is 4.90 Å². The number of hydrogen-bond donors (Lipinski definition) is 0. The Balaban J connectivity index is 2.08. The van der Waals surface area contributed by atoms with E-state index in [1.807, 2.05) is 0 Å². The monoisotopic (exact) mass is 313 g/mol. The van der Waals surface area contributed by atoms with Crippen LogP contribution in [-0.2, 0) is 9.53 Å². The van der Waals surface area contributed by atoms with Crippen LogP contribution in [0.25, 0.3) is 0 Å². The first-order valence-electron chi connectivity index (χ1n) is 6.94. The highest BCUT2D eigenvalue weighted by molar-refractivity contribution is 6.31. The van der Waals surface area contributed by atoms with E-state index in [1.54, 1.807) is 11.8 Å².